The Morgan fingerprint density at radius 3 is 3.06 bits per heavy atom. The molecule has 3 rings (SSSR count). The number of aromatic amines is 1. The summed E-state index contributed by atoms with van der Waals surface area (Å²) in [6.07, 6.45) is 2.82. The van der Waals surface area contributed by atoms with E-state index in [-0.39, 0.29) is 11.7 Å². The van der Waals surface area contributed by atoms with Crippen molar-refractivity contribution in [3.8, 4) is 0 Å². The van der Waals surface area contributed by atoms with Crippen LogP contribution in [0.1, 0.15) is 22.3 Å². The van der Waals surface area contributed by atoms with Gasteiger partial charge in [-0.05, 0) is 25.5 Å². The largest absolute Gasteiger partial charge is 0.360 e. The third-order valence-corrected chi connectivity index (χ3v) is 3.62. The number of aryl methyl sites for hydroxylation is 1. The summed E-state index contributed by atoms with van der Waals surface area (Å²) in [5, 5.41) is 4.30. The number of aromatic nitrogens is 1. The zero-order chi connectivity index (χ0) is 11.8. The molecule has 1 saturated heterocycles. The van der Waals surface area contributed by atoms with E-state index in [0.29, 0.717) is 0 Å². The van der Waals surface area contributed by atoms with Gasteiger partial charge in [0, 0.05) is 35.1 Å². The van der Waals surface area contributed by atoms with E-state index in [9.17, 15) is 4.79 Å². The van der Waals surface area contributed by atoms with Crippen LogP contribution < -0.4 is 5.32 Å². The average molecular weight is 228 g/mol. The van der Waals surface area contributed by atoms with Gasteiger partial charge in [0.2, 0.25) is 0 Å². The molecule has 2 heterocycles. The Bertz CT molecular complexity index is 565. The minimum absolute atomic E-state index is 0.148. The van der Waals surface area contributed by atoms with Gasteiger partial charge < -0.3 is 10.3 Å². The highest BCUT2D eigenvalue weighted by Gasteiger charge is 2.25. The van der Waals surface area contributed by atoms with Gasteiger partial charge in [-0.3, -0.25) is 4.79 Å². The number of Topliss-reactive ketones (excluding diaryl/α,β-unsaturated/α-hetero) is 1. The third-order valence-electron chi connectivity index (χ3n) is 3.62. The Hall–Kier alpha value is -1.61. The van der Waals surface area contributed by atoms with Crippen LogP contribution in [0.15, 0.2) is 24.4 Å². The third kappa shape index (κ3) is 1.67. The molecule has 3 heteroatoms. The van der Waals surface area contributed by atoms with Gasteiger partial charge in [-0.1, -0.05) is 18.2 Å². The second kappa shape index (κ2) is 4.00. The van der Waals surface area contributed by atoms with Crippen LogP contribution in [0.5, 0.6) is 0 Å². The van der Waals surface area contributed by atoms with E-state index in [2.05, 4.69) is 23.3 Å². The summed E-state index contributed by atoms with van der Waals surface area (Å²) in [5.41, 5.74) is 3.12. The summed E-state index contributed by atoms with van der Waals surface area (Å²) >= 11 is 0. The van der Waals surface area contributed by atoms with Crippen LogP contribution in [-0.4, -0.2) is 23.9 Å². The zero-order valence-corrected chi connectivity index (χ0v) is 9.92. The lowest BCUT2D eigenvalue weighted by atomic mass is 9.96. The lowest BCUT2D eigenvalue weighted by Crippen LogP contribution is -2.17. The van der Waals surface area contributed by atoms with Crippen LogP contribution in [0.3, 0.4) is 0 Å². The first-order valence-electron chi connectivity index (χ1n) is 6.09. The van der Waals surface area contributed by atoms with E-state index in [1.807, 2.05) is 18.3 Å². The molecule has 1 unspecified atom stereocenters. The highest BCUT2D eigenvalue weighted by molar-refractivity contribution is 6.09. The fourth-order valence-corrected chi connectivity index (χ4v) is 2.61. The van der Waals surface area contributed by atoms with Crippen LogP contribution >= 0.6 is 0 Å². The summed E-state index contributed by atoms with van der Waals surface area (Å²) < 4.78 is 0. The molecule has 1 fully saturated rings. The molecule has 2 N–H and O–H groups in total. The van der Waals surface area contributed by atoms with Gasteiger partial charge in [0.05, 0.1) is 0 Å². The highest BCUT2D eigenvalue weighted by atomic mass is 16.1. The van der Waals surface area contributed by atoms with E-state index in [1.165, 1.54) is 5.56 Å². The molecule has 1 atom stereocenters. The number of hydrogen-bond acceptors (Lipinski definition) is 2. The van der Waals surface area contributed by atoms with Crippen molar-refractivity contribution in [2.75, 3.05) is 13.1 Å². The minimum atomic E-state index is 0.148. The highest BCUT2D eigenvalue weighted by Crippen LogP contribution is 2.25. The normalized spacial score (nSPS) is 19.9. The van der Waals surface area contributed by atoms with E-state index in [0.717, 1.165) is 36.0 Å². The number of H-pyrrole nitrogens is 1. The molecular formula is C14H16N2O. The molecule has 0 radical (unpaired) electrons. The minimum Gasteiger partial charge on any atom is -0.360 e. The monoisotopic (exact) mass is 228 g/mol. The second-order valence-electron chi connectivity index (χ2n) is 4.75. The Morgan fingerprint density at radius 1 is 1.41 bits per heavy atom. The van der Waals surface area contributed by atoms with Gasteiger partial charge in [-0.15, -0.1) is 0 Å². The van der Waals surface area contributed by atoms with Crippen molar-refractivity contribution in [1.82, 2.24) is 10.3 Å². The van der Waals surface area contributed by atoms with Crippen molar-refractivity contribution in [1.29, 1.82) is 0 Å². The molecule has 0 bridgehead atoms. The number of fused-ring (bicyclic) bond motifs is 1. The fraction of sp³-hybridized carbons (Fsp3) is 0.357. The van der Waals surface area contributed by atoms with Gasteiger partial charge in [0.1, 0.15) is 0 Å². The Labute approximate surface area is 100 Å². The van der Waals surface area contributed by atoms with Gasteiger partial charge in [0.25, 0.3) is 0 Å². The quantitative estimate of drug-likeness (QED) is 0.774. The molecule has 1 aliphatic rings. The molecule has 1 aliphatic heterocycles. The van der Waals surface area contributed by atoms with E-state index in [1.54, 1.807) is 0 Å². The lowest BCUT2D eigenvalue weighted by molar-refractivity contribution is 0.0932. The van der Waals surface area contributed by atoms with E-state index < -0.39 is 0 Å². The average Bonchev–Trinajstić information content (AvgIpc) is 2.98. The van der Waals surface area contributed by atoms with Crippen LogP contribution in [0.2, 0.25) is 0 Å². The zero-order valence-electron chi connectivity index (χ0n) is 9.92. The van der Waals surface area contributed by atoms with Gasteiger partial charge >= 0.3 is 0 Å². The van der Waals surface area contributed by atoms with Crippen molar-refractivity contribution < 1.29 is 4.79 Å². The van der Waals surface area contributed by atoms with Crippen LogP contribution in [0.4, 0.5) is 0 Å². The molecule has 0 amide bonds. The maximum absolute atomic E-state index is 12.4. The van der Waals surface area contributed by atoms with Crippen LogP contribution in [0.25, 0.3) is 10.9 Å². The number of nitrogens with one attached hydrogen (secondary N) is 2. The maximum atomic E-state index is 12.4. The predicted octanol–water partition coefficient (Wildman–Crippen LogP) is 2.27. The molecule has 17 heavy (non-hydrogen) atoms. The Morgan fingerprint density at radius 2 is 2.29 bits per heavy atom. The smallest absolute Gasteiger partial charge is 0.169 e. The maximum Gasteiger partial charge on any atom is 0.169 e. The summed E-state index contributed by atoms with van der Waals surface area (Å²) in [5.74, 6) is 0.418. The predicted molar refractivity (Wildman–Crippen MR) is 68.3 cm³/mol. The number of benzene rings is 1. The SMILES string of the molecule is Cc1cccc2c(C(=O)C3CCNC3)c[nH]c12. The molecule has 88 valence electrons. The summed E-state index contributed by atoms with van der Waals surface area (Å²) in [4.78, 5) is 15.6. The van der Waals surface area contributed by atoms with Gasteiger partial charge in [0.15, 0.2) is 5.78 Å². The number of rotatable bonds is 2. The first kappa shape index (κ1) is 10.5. The lowest BCUT2D eigenvalue weighted by Gasteiger charge is -2.05. The summed E-state index contributed by atoms with van der Waals surface area (Å²) in [7, 11) is 0. The fourth-order valence-electron chi connectivity index (χ4n) is 2.61. The van der Waals surface area contributed by atoms with E-state index >= 15 is 0 Å². The molecule has 1 aromatic carbocycles. The first-order valence-corrected chi connectivity index (χ1v) is 6.09. The topological polar surface area (TPSA) is 44.9 Å². The summed E-state index contributed by atoms with van der Waals surface area (Å²) in [6.45, 7) is 3.83. The van der Waals surface area contributed by atoms with Crippen molar-refractivity contribution >= 4 is 16.7 Å². The number of para-hydroxylation sites is 1. The van der Waals surface area contributed by atoms with Crippen molar-refractivity contribution in [2.45, 2.75) is 13.3 Å². The number of ketones is 1. The number of hydrogen-bond donors (Lipinski definition) is 2. The van der Waals surface area contributed by atoms with E-state index in [4.69, 9.17) is 0 Å². The second-order valence-corrected chi connectivity index (χ2v) is 4.75. The molecule has 3 nitrogen and oxygen atoms in total. The first-order chi connectivity index (χ1) is 8.27. The molecular weight excluding hydrogens is 212 g/mol. The number of carbonyl (C=O) groups is 1. The van der Waals surface area contributed by atoms with Crippen LogP contribution in [0, 0.1) is 12.8 Å². The molecule has 0 spiro atoms. The van der Waals surface area contributed by atoms with Gasteiger partial charge in [-0.25, -0.2) is 0 Å². The van der Waals surface area contributed by atoms with Crippen molar-refractivity contribution in [3.05, 3.63) is 35.5 Å². The molecule has 0 saturated carbocycles. The summed E-state index contributed by atoms with van der Waals surface area (Å²) in [6, 6.07) is 6.09. The Kier molecular flexibility index (Phi) is 2.48. The molecule has 0 aliphatic carbocycles. The molecule has 1 aromatic heterocycles. The Balaban J connectivity index is 2.05. The number of carbonyl (C=O) groups excluding carboxylic acids is 1. The van der Waals surface area contributed by atoms with Crippen molar-refractivity contribution in [2.24, 2.45) is 5.92 Å². The standard InChI is InChI=1S/C14H16N2O/c1-9-3-2-4-11-12(8-16-13(9)11)14(17)10-5-6-15-7-10/h2-4,8,10,15-16H,5-7H2,1H3. The molecule has 2 aromatic rings. The van der Waals surface area contributed by atoms with Gasteiger partial charge in [-0.2, -0.15) is 0 Å². The van der Waals surface area contributed by atoms with Crippen LogP contribution in [-0.2, 0) is 0 Å². The van der Waals surface area contributed by atoms with Crippen molar-refractivity contribution in [3.63, 3.8) is 0 Å².